The fourth-order valence-electron chi connectivity index (χ4n) is 7.42. The molecular weight excluding hydrogens is 544 g/mol. The van der Waals surface area contributed by atoms with Crippen LogP contribution in [0.25, 0.3) is 0 Å². The molecule has 1 aliphatic heterocycles. The maximum absolute atomic E-state index is 2.72. The first-order valence-corrected chi connectivity index (χ1v) is 21.5. The molecule has 0 bridgehead atoms. The van der Waals surface area contributed by atoms with E-state index >= 15 is 0 Å². The number of rotatable bonds is 37. The van der Waals surface area contributed by atoms with Gasteiger partial charge in [-0.2, -0.15) is 0 Å². The second-order valence-electron chi connectivity index (χ2n) is 15.0. The molecule has 0 saturated heterocycles. The number of nitrogens with zero attached hydrogens (tertiary/aromatic N) is 2. The van der Waals surface area contributed by atoms with Crippen LogP contribution in [0.2, 0.25) is 0 Å². The first-order valence-electron chi connectivity index (χ1n) is 21.5. The summed E-state index contributed by atoms with van der Waals surface area (Å²) in [5, 5.41) is 0. The fraction of sp³-hybridized carbons (Fsp3) is 0.953. The minimum absolute atomic E-state index is 0.639. The third-order valence-electron chi connectivity index (χ3n) is 10.6. The molecular formula is C43H86N2. The van der Waals surface area contributed by atoms with Gasteiger partial charge in [-0.15, -0.1) is 0 Å². The topological polar surface area (TPSA) is 6.48 Å². The van der Waals surface area contributed by atoms with Gasteiger partial charge in [0, 0.05) is 25.5 Å². The minimum atomic E-state index is 0.639. The molecule has 2 nitrogen and oxygen atoms in total. The summed E-state index contributed by atoms with van der Waals surface area (Å²) in [7, 11) is 0. The Morgan fingerprint density at radius 2 is 0.511 bits per heavy atom. The van der Waals surface area contributed by atoms with Gasteiger partial charge in [-0.1, -0.05) is 220 Å². The predicted molar refractivity (Wildman–Crippen MR) is 205 cm³/mol. The van der Waals surface area contributed by atoms with Gasteiger partial charge in [-0.05, 0) is 25.7 Å². The Balaban J connectivity index is 2.19. The van der Waals surface area contributed by atoms with Crippen LogP contribution < -0.4 is 0 Å². The van der Waals surface area contributed by atoms with Crippen LogP contribution >= 0.6 is 0 Å². The highest BCUT2D eigenvalue weighted by Gasteiger charge is 2.24. The van der Waals surface area contributed by atoms with Crippen molar-refractivity contribution in [2.75, 3.05) is 13.1 Å². The van der Waals surface area contributed by atoms with Crippen molar-refractivity contribution in [3.63, 3.8) is 0 Å². The van der Waals surface area contributed by atoms with Gasteiger partial charge in [0.05, 0.1) is 0 Å². The summed E-state index contributed by atoms with van der Waals surface area (Å²) in [6.07, 6.45) is 55.9. The average Bonchev–Trinajstić information content (AvgIpc) is 3.43. The van der Waals surface area contributed by atoms with Gasteiger partial charge in [-0.3, -0.25) is 0 Å². The largest absolute Gasteiger partial charge is 0.356 e. The predicted octanol–water partition coefficient (Wildman–Crippen LogP) is 15.1. The van der Waals surface area contributed by atoms with Crippen LogP contribution in [0.1, 0.15) is 245 Å². The molecule has 1 aliphatic rings. The van der Waals surface area contributed by atoms with Crippen LogP contribution in [-0.4, -0.2) is 29.1 Å². The van der Waals surface area contributed by atoms with E-state index in [2.05, 4.69) is 43.0 Å². The lowest BCUT2D eigenvalue weighted by atomic mass is 10.0. The van der Waals surface area contributed by atoms with E-state index in [0.717, 1.165) is 0 Å². The first kappa shape index (κ1) is 42.4. The van der Waals surface area contributed by atoms with Gasteiger partial charge < -0.3 is 9.80 Å². The van der Waals surface area contributed by atoms with Gasteiger partial charge >= 0.3 is 0 Å². The number of unbranched alkanes of at least 4 members (excludes halogenated alkanes) is 31. The Morgan fingerprint density at radius 1 is 0.289 bits per heavy atom. The van der Waals surface area contributed by atoms with Crippen LogP contribution in [-0.2, 0) is 0 Å². The lowest BCUT2D eigenvalue weighted by Gasteiger charge is -2.33. The zero-order valence-electron chi connectivity index (χ0n) is 31.8. The van der Waals surface area contributed by atoms with Crippen molar-refractivity contribution < 1.29 is 0 Å². The zero-order chi connectivity index (χ0) is 32.3. The monoisotopic (exact) mass is 631 g/mol. The first-order chi connectivity index (χ1) is 22.3. The third kappa shape index (κ3) is 27.0. The van der Waals surface area contributed by atoms with Crippen LogP contribution in [0.4, 0.5) is 0 Å². The lowest BCUT2D eigenvalue weighted by Crippen LogP contribution is -2.39. The molecule has 0 aliphatic carbocycles. The molecule has 1 rings (SSSR count). The summed E-state index contributed by atoms with van der Waals surface area (Å²) in [6, 6.07) is 0. The molecule has 0 saturated carbocycles. The smallest absolute Gasteiger partial charge is 0.101 e. The van der Waals surface area contributed by atoms with E-state index in [-0.39, 0.29) is 0 Å². The molecule has 0 amide bonds. The van der Waals surface area contributed by atoms with Gasteiger partial charge in [-0.25, -0.2) is 0 Å². The second kappa shape index (κ2) is 34.7. The van der Waals surface area contributed by atoms with E-state index in [9.17, 15) is 0 Å². The summed E-state index contributed by atoms with van der Waals surface area (Å²) in [5.41, 5.74) is 0. The lowest BCUT2D eigenvalue weighted by molar-refractivity contribution is 0.135. The summed E-state index contributed by atoms with van der Waals surface area (Å²) in [6.45, 7) is 9.49. The molecule has 0 atom stereocenters. The highest BCUT2D eigenvalue weighted by molar-refractivity contribution is 4.97. The van der Waals surface area contributed by atoms with Crippen molar-refractivity contribution in [3.8, 4) is 0 Å². The van der Waals surface area contributed by atoms with Crippen molar-refractivity contribution in [1.82, 2.24) is 9.80 Å². The van der Waals surface area contributed by atoms with Crippen molar-refractivity contribution in [3.05, 3.63) is 12.4 Å². The molecule has 0 aromatic rings. The molecule has 0 aromatic carbocycles. The van der Waals surface area contributed by atoms with Crippen molar-refractivity contribution in [2.45, 2.75) is 252 Å². The van der Waals surface area contributed by atoms with Crippen LogP contribution in [0.3, 0.4) is 0 Å². The van der Waals surface area contributed by atoms with Crippen LogP contribution in [0.5, 0.6) is 0 Å². The van der Waals surface area contributed by atoms with Gasteiger partial charge in [0.2, 0.25) is 0 Å². The van der Waals surface area contributed by atoms with Crippen molar-refractivity contribution in [1.29, 1.82) is 0 Å². The molecule has 1 heterocycles. The molecule has 2 heteroatoms. The van der Waals surface area contributed by atoms with E-state index in [4.69, 9.17) is 0 Å². The average molecular weight is 631 g/mol. The maximum atomic E-state index is 2.72. The molecule has 0 fully saturated rings. The highest BCUT2D eigenvalue weighted by Crippen LogP contribution is 2.24. The Bertz CT molecular complexity index is 546. The van der Waals surface area contributed by atoms with Gasteiger partial charge in [0.15, 0.2) is 0 Å². The summed E-state index contributed by atoms with van der Waals surface area (Å²) >= 11 is 0. The SMILES string of the molecule is CCCCCCCCCCCCCCCN1C=CN(CCCCCCCCCCCCCCC)C1CCCCCCCCCC. The summed E-state index contributed by atoms with van der Waals surface area (Å²) in [5.74, 6) is 0. The molecule has 0 radical (unpaired) electrons. The molecule has 268 valence electrons. The number of hydrogen-bond donors (Lipinski definition) is 0. The van der Waals surface area contributed by atoms with Crippen molar-refractivity contribution in [2.24, 2.45) is 0 Å². The Kier molecular flexibility index (Phi) is 32.6. The van der Waals surface area contributed by atoms with Gasteiger partial charge in [0.25, 0.3) is 0 Å². The highest BCUT2D eigenvalue weighted by atomic mass is 15.4. The Labute approximate surface area is 286 Å². The standard InChI is InChI=1S/C43H86N2/c1-4-7-10-13-16-19-21-23-25-27-30-33-36-39-44-41-42-45(43(44)38-35-32-29-18-15-12-9-6-3)40-37-34-31-28-26-24-22-20-17-14-11-8-5-2/h41-43H,4-40H2,1-3H3. The molecule has 45 heavy (non-hydrogen) atoms. The van der Waals surface area contributed by atoms with E-state index in [1.54, 1.807) is 0 Å². The summed E-state index contributed by atoms with van der Waals surface area (Å²) in [4.78, 5) is 5.45. The normalized spacial score (nSPS) is 13.6. The van der Waals surface area contributed by atoms with Crippen LogP contribution in [0.15, 0.2) is 12.4 Å². The van der Waals surface area contributed by atoms with Gasteiger partial charge in [0.1, 0.15) is 6.17 Å². The summed E-state index contributed by atoms with van der Waals surface area (Å²) < 4.78 is 0. The molecule has 0 spiro atoms. The molecule has 0 N–H and O–H groups in total. The number of hydrogen-bond acceptors (Lipinski definition) is 2. The zero-order valence-corrected chi connectivity index (χ0v) is 31.8. The van der Waals surface area contributed by atoms with E-state index in [0.29, 0.717) is 6.17 Å². The minimum Gasteiger partial charge on any atom is -0.356 e. The van der Waals surface area contributed by atoms with E-state index in [1.807, 2.05) is 0 Å². The second-order valence-corrected chi connectivity index (χ2v) is 15.0. The third-order valence-corrected chi connectivity index (χ3v) is 10.6. The fourth-order valence-corrected chi connectivity index (χ4v) is 7.42. The Morgan fingerprint density at radius 3 is 0.778 bits per heavy atom. The maximum Gasteiger partial charge on any atom is 0.101 e. The van der Waals surface area contributed by atoms with E-state index < -0.39 is 0 Å². The van der Waals surface area contributed by atoms with E-state index in [1.165, 1.54) is 238 Å². The molecule has 0 aromatic heterocycles. The van der Waals surface area contributed by atoms with Crippen LogP contribution in [0, 0.1) is 0 Å². The Hall–Kier alpha value is -0.660. The quantitative estimate of drug-likeness (QED) is 0.0630. The molecule has 0 unspecified atom stereocenters. The van der Waals surface area contributed by atoms with Crippen molar-refractivity contribution >= 4 is 0 Å².